The standard InChI is InChI=1S/C24H26O/c1-3-5-6-19-7-9-20(10-8-19)21-11-13-22(14-12-21)23-15-17-24(18-16-23)25-4-2/h7-18H,3-6H2,1-2H3. The number of hydrogen-bond donors (Lipinski definition) is 0. The largest absolute Gasteiger partial charge is 0.494 e. The highest BCUT2D eigenvalue weighted by Gasteiger charge is 2.02. The lowest BCUT2D eigenvalue weighted by atomic mass is 9.99. The van der Waals surface area contributed by atoms with Gasteiger partial charge in [-0.3, -0.25) is 0 Å². The second kappa shape index (κ2) is 8.53. The second-order valence-electron chi connectivity index (χ2n) is 6.34. The van der Waals surface area contributed by atoms with E-state index in [1.54, 1.807) is 0 Å². The average molecular weight is 330 g/mol. The summed E-state index contributed by atoms with van der Waals surface area (Å²) in [7, 11) is 0. The van der Waals surface area contributed by atoms with Gasteiger partial charge < -0.3 is 4.74 Å². The first-order chi connectivity index (χ1) is 12.3. The first-order valence-electron chi connectivity index (χ1n) is 9.22. The highest BCUT2D eigenvalue weighted by Crippen LogP contribution is 2.26. The topological polar surface area (TPSA) is 9.23 Å². The third kappa shape index (κ3) is 4.51. The zero-order chi connectivity index (χ0) is 17.5. The fourth-order valence-electron chi connectivity index (χ4n) is 3.01. The van der Waals surface area contributed by atoms with Gasteiger partial charge in [0, 0.05) is 0 Å². The molecule has 0 fully saturated rings. The summed E-state index contributed by atoms with van der Waals surface area (Å²) in [6, 6.07) is 26.0. The molecule has 0 atom stereocenters. The van der Waals surface area contributed by atoms with Crippen LogP contribution in [0.25, 0.3) is 22.3 Å². The predicted octanol–water partition coefficient (Wildman–Crippen LogP) is 6.76. The highest BCUT2D eigenvalue weighted by molar-refractivity contribution is 5.70. The van der Waals surface area contributed by atoms with E-state index in [0.29, 0.717) is 6.61 Å². The third-order valence-electron chi connectivity index (χ3n) is 4.49. The van der Waals surface area contributed by atoms with Gasteiger partial charge in [0.25, 0.3) is 0 Å². The lowest BCUT2D eigenvalue weighted by Crippen LogP contribution is -1.90. The Kier molecular flexibility index (Phi) is 5.90. The minimum absolute atomic E-state index is 0.700. The molecule has 0 heterocycles. The molecular formula is C24H26O. The number of aryl methyl sites for hydroxylation is 1. The Hall–Kier alpha value is -2.54. The number of benzene rings is 3. The minimum Gasteiger partial charge on any atom is -0.494 e. The molecule has 0 N–H and O–H groups in total. The summed E-state index contributed by atoms with van der Waals surface area (Å²) in [6.45, 7) is 4.94. The van der Waals surface area contributed by atoms with Gasteiger partial charge in [-0.1, -0.05) is 74.0 Å². The van der Waals surface area contributed by atoms with Crippen LogP contribution in [-0.2, 0) is 6.42 Å². The predicted molar refractivity (Wildman–Crippen MR) is 107 cm³/mol. The molecule has 0 saturated heterocycles. The Bertz CT molecular complexity index is 768. The summed E-state index contributed by atoms with van der Waals surface area (Å²) in [4.78, 5) is 0. The van der Waals surface area contributed by atoms with Crippen molar-refractivity contribution in [3.05, 3.63) is 78.4 Å². The van der Waals surface area contributed by atoms with E-state index in [1.165, 1.54) is 47.1 Å². The molecule has 0 radical (unpaired) electrons. The lowest BCUT2D eigenvalue weighted by Gasteiger charge is -2.08. The van der Waals surface area contributed by atoms with Crippen molar-refractivity contribution in [1.82, 2.24) is 0 Å². The fraction of sp³-hybridized carbons (Fsp3) is 0.250. The van der Waals surface area contributed by atoms with E-state index in [9.17, 15) is 0 Å². The SMILES string of the molecule is CCCCc1ccc(-c2ccc(-c3ccc(OCC)cc3)cc2)cc1. The van der Waals surface area contributed by atoms with E-state index in [4.69, 9.17) is 4.74 Å². The van der Waals surface area contributed by atoms with Crippen molar-refractivity contribution in [2.75, 3.05) is 6.61 Å². The van der Waals surface area contributed by atoms with Gasteiger partial charge in [0.2, 0.25) is 0 Å². The first kappa shape index (κ1) is 17.3. The molecule has 0 aliphatic heterocycles. The Labute approximate surface area is 151 Å². The third-order valence-corrected chi connectivity index (χ3v) is 4.49. The molecule has 0 aliphatic rings. The summed E-state index contributed by atoms with van der Waals surface area (Å²) in [5, 5.41) is 0. The maximum Gasteiger partial charge on any atom is 0.119 e. The summed E-state index contributed by atoms with van der Waals surface area (Å²) in [5.74, 6) is 0.922. The van der Waals surface area contributed by atoms with Crippen molar-refractivity contribution in [3.63, 3.8) is 0 Å². The van der Waals surface area contributed by atoms with Crippen molar-refractivity contribution >= 4 is 0 Å². The molecule has 0 saturated carbocycles. The Morgan fingerprint density at radius 1 is 0.600 bits per heavy atom. The van der Waals surface area contributed by atoms with Gasteiger partial charge >= 0.3 is 0 Å². The first-order valence-corrected chi connectivity index (χ1v) is 9.22. The summed E-state index contributed by atoms with van der Waals surface area (Å²) >= 11 is 0. The number of ether oxygens (including phenoxy) is 1. The van der Waals surface area contributed by atoms with Gasteiger partial charge in [0.15, 0.2) is 0 Å². The highest BCUT2D eigenvalue weighted by atomic mass is 16.5. The van der Waals surface area contributed by atoms with E-state index in [0.717, 1.165) is 5.75 Å². The van der Waals surface area contributed by atoms with Crippen LogP contribution in [0.2, 0.25) is 0 Å². The van der Waals surface area contributed by atoms with Gasteiger partial charge in [-0.25, -0.2) is 0 Å². The maximum atomic E-state index is 5.51. The quantitative estimate of drug-likeness (QED) is 0.465. The summed E-state index contributed by atoms with van der Waals surface area (Å²) in [5.41, 5.74) is 6.41. The van der Waals surface area contributed by atoms with Crippen LogP contribution in [0, 0.1) is 0 Å². The van der Waals surface area contributed by atoms with Crippen LogP contribution >= 0.6 is 0 Å². The molecule has 0 aliphatic carbocycles. The fourth-order valence-corrected chi connectivity index (χ4v) is 3.01. The van der Waals surface area contributed by atoms with Gasteiger partial charge in [0.1, 0.15) is 5.75 Å². The lowest BCUT2D eigenvalue weighted by molar-refractivity contribution is 0.340. The van der Waals surface area contributed by atoms with Crippen LogP contribution in [0.4, 0.5) is 0 Å². The van der Waals surface area contributed by atoms with Crippen LogP contribution in [-0.4, -0.2) is 6.61 Å². The number of rotatable bonds is 7. The number of unbranched alkanes of at least 4 members (excludes halogenated alkanes) is 1. The zero-order valence-electron chi connectivity index (χ0n) is 15.2. The molecule has 128 valence electrons. The van der Waals surface area contributed by atoms with E-state index >= 15 is 0 Å². The molecule has 0 spiro atoms. The summed E-state index contributed by atoms with van der Waals surface area (Å²) in [6.07, 6.45) is 3.68. The zero-order valence-corrected chi connectivity index (χ0v) is 15.2. The molecule has 25 heavy (non-hydrogen) atoms. The minimum atomic E-state index is 0.700. The molecular weight excluding hydrogens is 304 g/mol. The van der Waals surface area contributed by atoms with Crippen molar-refractivity contribution in [2.45, 2.75) is 33.1 Å². The normalized spacial score (nSPS) is 10.6. The van der Waals surface area contributed by atoms with Crippen molar-refractivity contribution in [1.29, 1.82) is 0 Å². The molecule has 3 rings (SSSR count). The van der Waals surface area contributed by atoms with Gasteiger partial charge in [-0.15, -0.1) is 0 Å². The molecule has 0 amide bonds. The van der Waals surface area contributed by atoms with Crippen molar-refractivity contribution in [3.8, 4) is 28.0 Å². The van der Waals surface area contributed by atoms with Gasteiger partial charge in [0.05, 0.1) is 6.61 Å². The Balaban J connectivity index is 1.73. The maximum absolute atomic E-state index is 5.51. The monoisotopic (exact) mass is 330 g/mol. The molecule has 3 aromatic carbocycles. The molecule has 0 aromatic heterocycles. The van der Waals surface area contributed by atoms with Crippen molar-refractivity contribution < 1.29 is 4.74 Å². The Morgan fingerprint density at radius 2 is 1.04 bits per heavy atom. The molecule has 0 bridgehead atoms. The average Bonchev–Trinajstić information content (AvgIpc) is 2.68. The van der Waals surface area contributed by atoms with Crippen LogP contribution < -0.4 is 4.74 Å². The summed E-state index contributed by atoms with van der Waals surface area (Å²) < 4.78 is 5.51. The molecule has 0 unspecified atom stereocenters. The van der Waals surface area contributed by atoms with Gasteiger partial charge in [-0.2, -0.15) is 0 Å². The Morgan fingerprint density at radius 3 is 1.48 bits per heavy atom. The molecule has 3 aromatic rings. The van der Waals surface area contributed by atoms with Crippen LogP contribution in [0.1, 0.15) is 32.3 Å². The van der Waals surface area contributed by atoms with Crippen molar-refractivity contribution in [2.24, 2.45) is 0 Å². The van der Waals surface area contributed by atoms with Crippen LogP contribution in [0.5, 0.6) is 5.75 Å². The van der Waals surface area contributed by atoms with Crippen LogP contribution in [0.15, 0.2) is 72.8 Å². The second-order valence-corrected chi connectivity index (χ2v) is 6.34. The van der Waals surface area contributed by atoms with E-state index < -0.39 is 0 Å². The van der Waals surface area contributed by atoms with E-state index in [2.05, 4.69) is 67.6 Å². The van der Waals surface area contributed by atoms with Crippen LogP contribution in [0.3, 0.4) is 0 Å². The molecule has 1 nitrogen and oxygen atoms in total. The van der Waals surface area contributed by atoms with Gasteiger partial charge in [-0.05, 0) is 59.7 Å². The molecule has 1 heteroatoms. The van der Waals surface area contributed by atoms with E-state index in [1.807, 2.05) is 19.1 Å². The number of hydrogen-bond acceptors (Lipinski definition) is 1. The van der Waals surface area contributed by atoms with E-state index in [-0.39, 0.29) is 0 Å². The smallest absolute Gasteiger partial charge is 0.119 e.